The minimum Gasteiger partial charge on any atom is -0.351 e. The van der Waals surface area contributed by atoms with E-state index in [1.807, 2.05) is 30.3 Å². The van der Waals surface area contributed by atoms with Crippen LogP contribution in [-0.2, 0) is 11.3 Å². The second kappa shape index (κ2) is 6.89. The predicted octanol–water partition coefficient (Wildman–Crippen LogP) is 0.255. The van der Waals surface area contributed by atoms with Gasteiger partial charge in [0.25, 0.3) is 5.56 Å². The van der Waals surface area contributed by atoms with Crippen molar-refractivity contribution < 1.29 is 4.79 Å². The number of rotatable bonds is 5. The molecular weight excluding hydrogens is 292 g/mol. The number of amides is 1. The molecule has 0 radical (unpaired) electrons. The maximum atomic E-state index is 12.0. The summed E-state index contributed by atoms with van der Waals surface area (Å²) in [5.41, 5.74) is -0.292. The van der Waals surface area contributed by atoms with Crippen molar-refractivity contribution in [1.82, 2.24) is 20.5 Å². The first-order chi connectivity index (χ1) is 10.1. The van der Waals surface area contributed by atoms with Crippen LogP contribution in [0.15, 0.2) is 44.9 Å². The fourth-order valence-corrected chi connectivity index (χ4v) is 2.35. The van der Waals surface area contributed by atoms with Crippen LogP contribution in [0.2, 0.25) is 0 Å². The van der Waals surface area contributed by atoms with Crippen LogP contribution in [-0.4, -0.2) is 26.3 Å². The highest BCUT2D eigenvalue weighted by atomic mass is 32.2. The maximum absolute atomic E-state index is 12.0. The number of hydrogen-bond donors (Lipinski definition) is 3. The van der Waals surface area contributed by atoms with Crippen molar-refractivity contribution in [3.63, 3.8) is 0 Å². The van der Waals surface area contributed by atoms with Crippen molar-refractivity contribution in [2.75, 3.05) is 0 Å². The molecule has 0 bridgehead atoms. The number of thioether (sulfide) groups is 1. The number of H-pyrrole nitrogens is 2. The zero-order valence-electron chi connectivity index (χ0n) is 11.3. The first-order valence-corrected chi connectivity index (χ1v) is 7.11. The molecule has 8 heteroatoms. The first kappa shape index (κ1) is 15.0. The molecule has 110 valence electrons. The van der Waals surface area contributed by atoms with Crippen LogP contribution in [0.5, 0.6) is 0 Å². The van der Waals surface area contributed by atoms with Gasteiger partial charge in [0, 0.05) is 6.54 Å². The molecule has 1 aromatic carbocycles. The number of aromatic nitrogens is 3. The Morgan fingerprint density at radius 1 is 1.33 bits per heavy atom. The van der Waals surface area contributed by atoms with Gasteiger partial charge < -0.3 is 5.32 Å². The lowest BCUT2D eigenvalue weighted by atomic mass is 10.2. The average molecular weight is 306 g/mol. The lowest BCUT2D eigenvalue weighted by Crippen LogP contribution is -2.32. The molecule has 7 nitrogen and oxygen atoms in total. The van der Waals surface area contributed by atoms with Crippen molar-refractivity contribution in [3.8, 4) is 0 Å². The van der Waals surface area contributed by atoms with Gasteiger partial charge in [0.15, 0.2) is 5.03 Å². The summed E-state index contributed by atoms with van der Waals surface area (Å²) in [6.45, 7) is 2.08. The summed E-state index contributed by atoms with van der Waals surface area (Å²) < 4.78 is 0. The molecule has 1 unspecified atom stereocenters. The monoisotopic (exact) mass is 306 g/mol. The highest BCUT2D eigenvalue weighted by Crippen LogP contribution is 2.16. The number of nitrogens with one attached hydrogen (secondary N) is 3. The minimum atomic E-state index is -0.675. The molecule has 1 aromatic heterocycles. The van der Waals surface area contributed by atoms with Gasteiger partial charge in [-0.25, -0.2) is 9.89 Å². The molecule has 2 aromatic rings. The summed E-state index contributed by atoms with van der Waals surface area (Å²) in [6.07, 6.45) is 0. The molecular formula is C13H14N4O3S. The summed E-state index contributed by atoms with van der Waals surface area (Å²) >= 11 is 0.985. The fourth-order valence-electron chi connectivity index (χ4n) is 1.57. The van der Waals surface area contributed by atoms with Gasteiger partial charge in [-0.15, -0.1) is 0 Å². The van der Waals surface area contributed by atoms with Crippen molar-refractivity contribution in [2.24, 2.45) is 0 Å². The summed E-state index contributed by atoms with van der Waals surface area (Å²) in [7, 11) is 0. The Morgan fingerprint density at radius 2 is 2.05 bits per heavy atom. The van der Waals surface area contributed by atoms with E-state index in [2.05, 4.69) is 20.5 Å². The van der Waals surface area contributed by atoms with E-state index >= 15 is 0 Å². The van der Waals surface area contributed by atoms with Crippen LogP contribution in [0.25, 0.3) is 0 Å². The molecule has 1 heterocycles. The summed E-state index contributed by atoms with van der Waals surface area (Å²) in [5, 5.41) is 8.07. The topological polar surface area (TPSA) is 108 Å². The molecule has 1 amide bonds. The standard InChI is InChI=1S/C13H14N4O3S/c1-8(21-12-11(19)15-13(20)17-16-12)10(18)14-7-9-5-3-2-4-6-9/h2-6,8H,7H2,1H3,(H,14,18)(H2,15,17,19,20). The molecule has 2 rings (SSSR count). The third-order valence-electron chi connectivity index (χ3n) is 2.65. The highest BCUT2D eigenvalue weighted by molar-refractivity contribution is 8.00. The Bertz CT molecular complexity index is 726. The van der Waals surface area contributed by atoms with Gasteiger partial charge in [0.05, 0.1) is 5.25 Å². The molecule has 0 saturated carbocycles. The van der Waals surface area contributed by atoms with Gasteiger partial charge in [-0.1, -0.05) is 42.1 Å². The summed E-state index contributed by atoms with van der Waals surface area (Å²) in [5.74, 6) is -0.212. The third kappa shape index (κ3) is 4.32. The normalized spacial score (nSPS) is 11.9. The number of hydrogen-bond acceptors (Lipinski definition) is 5. The number of aromatic amines is 2. The van der Waals surface area contributed by atoms with E-state index in [-0.39, 0.29) is 10.9 Å². The van der Waals surface area contributed by atoms with Crippen LogP contribution < -0.4 is 16.6 Å². The molecule has 1 atom stereocenters. The lowest BCUT2D eigenvalue weighted by molar-refractivity contribution is -0.120. The van der Waals surface area contributed by atoms with Crippen LogP contribution in [0.1, 0.15) is 12.5 Å². The molecule has 0 spiro atoms. The molecule has 0 aliphatic carbocycles. The van der Waals surface area contributed by atoms with Crippen molar-refractivity contribution in [1.29, 1.82) is 0 Å². The van der Waals surface area contributed by atoms with Gasteiger partial charge in [-0.3, -0.25) is 14.6 Å². The number of carbonyl (C=O) groups is 1. The quantitative estimate of drug-likeness (QED) is 0.687. The van der Waals surface area contributed by atoms with E-state index in [9.17, 15) is 14.4 Å². The van der Waals surface area contributed by atoms with Crippen LogP contribution >= 0.6 is 11.8 Å². The lowest BCUT2D eigenvalue weighted by Gasteiger charge is -2.10. The van der Waals surface area contributed by atoms with Gasteiger partial charge in [0.2, 0.25) is 5.91 Å². The van der Waals surface area contributed by atoms with Crippen LogP contribution in [0.3, 0.4) is 0 Å². The minimum absolute atomic E-state index is 0.0527. The Labute approximate surface area is 124 Å². The van der Waals surface area contributed by atoms with E-state index in [1.165, 1.54) is 0 Å². The Hall–Kier alpha value is -2.35. The molecule has 0 aliphatic heterocycles. The molecule has 0 aliphatic rings. The van der Waals surface area contributed by atoms with Crippen LogP contribution in [0, 0.1) is 0 Å². The second-order valence-electron chi connectivity index (χ2n) is 4.28. The Kier molecular flexibility index (Phi) is 4.94. The highest BCUT2D eigenvalue weighted by Gasteiger charge is 2.17. The summed E-state index contributed by atoms with van der Waals surface area (Å²) in [4.78, 5) is 36.4. The zero-order chi connectivity index (χ0) is 15.2. The molecule has 0 saturated heterocycles. The largest absolute Gasteiger partial charge is 0.351 e. The van der Waals surface area contributed by atoms with Crippen molar-refractivity contribution in [3.05, 3.63) is 56.7 Å². The zero-order valence-corrected chi connectivity index (χ0v) is 12.1. The van der Waals surface area contributed by atoms with Gasteiger partial charge in [-0.05, 0) is 12.5 Å². The number of nitrogens with zero attached hydrogens (tertiary/aromatic N) is 1. The van der Waals surface area contributed by atoms with Crippen molar-refractivity contribution >= 4 is 17.7 Å². The number of carbonyl (C=O) groups excluding carboxylic acids is 1. The number of benzene rings is 1. The van der Waals surface area contributed by atoms with Crippen LogP contribution in [0.4, 0.5) is 0 Å². The average Bonchev–Trinajstić information content (AvgIpc) is 2.48. The van der Waals surface area contributed by atoms with E-state index < -0.39 is 16.5 Å². The van der Waals surface area contributed by atoms with Crippen molar-refractivity contribution in [2.45, 2.75) is 23.7 Å². The second-order valence-corrected chi connectivity index (χ2v) is 5.60. The van der Waals surface area contributed by atoms with Gasteiger partial charge in [-0.2, -0.15) is 5.10 Å². The maximum Gasteiger partial charge on any atom is 0.342 e. The van der Waals surface area contributed by atoms with Gasteiger partial charge in [0.1, 0.15) is 0 Å². The molecule has 3 N–H and O–H groups in total. The van der Waals surface area contributed by atoms with Gasteiger partial charge >= 0.3 is 5.69 Å². The molecule has 21 heavy (non-hydrogen) atoms. The smallest absolute Gasteiger partial charge is 0.342 e. The fraction of sp³-hybridized carbons (Fsp3) is 0.231. The van der Waals surface area contributed by atoms with E-state index in [1.54, 1.807) is 6.92 Å². The summed E-state index contributed by atoms with van der Waals surface area (Å²) in [6, 6.07) is 9.50. The van der Waals surface area contributed by atoms with E-state index in [0.717, 1.165) is 17.3 Å². The third-order valence-corrected chi connectivity index (χ3v) is 3.72. The Balaban J connectivity index is 1.93. The predicted molar refractivity (Wildman–Crippen MR) is 79.1 cm³/mol. The first-order valence-electron chi connectivity index (χ1n) is 6.23. The SMILES string of the molecule is CC(Sc1n[nH]c(=O)[nH]c1=O)C(=O)NCc1ccccc1. The Morgan fingerprint density at radius 3 is 2.71 bits per heavy atom. The van der Waals surface area contributed by atoms with E-state index in [4.69, 9.17) is 0 Å². The van der Waals surface area contributed by atoms with E-state index in [0.29, 0.717) is 6.54 Å². The molecule has 0 fully saturated rings.